The predicted octanol–water partition coefficient (Wildman–Crippen LogP) is 1.07. The summed E-state index contributed by atoms with van der Waals surface area (Å²) in [7, 11) is -3.44. The van der Waals surface area contributed by atoms with Crippen molar-refractivity contribution in [3.05, 3.63) is 29.8 Å². The summed E-state index contributed by atoms with van der Waals surface area (Å²) in [6, 6.07) is 6.69. The summed E-state index contributed by atoms with van der Waals surface area (Å²) >= 11 is 0. The Bertz CT molecular complexity index is 608. The molecule has 102 valence electrons. The van der Waals surface area contributed by atoms with Crippen LogP contribution in [0, 0.1) is 17.8 Å². The van der Waals surface area contributed by atoms with Gasteiger partial charge in [0, 0.05) is 11.6 Å². The molecule has 0 heterocycles. The van der Waals surface area contributed by atoms with E-state index in [9.17, 15) is 8.42 Å². The summed E-state index contributed by atoms with van der Waals surface area (Å²) in [5.74, 6) is 6.16. The van der Waals surface area contributed by atoms with Crippen LogP contribution in [0.4, 0.5) is 0 Å². The van der Waals surface area contributed by atoms with Crippen LogP contribution >= 0.6 is 0 Å². The molecule has 1 aromatic carbocycles. The Morgan fingerprint density at radius 2 is 2.16 bits per heavy atom. The molecule has 1 aliphatic carbocycles. The Morgan fingerprint density at radius 3 is 2.79 bits per heavy atom. The molecule has 2 rings (SSSR count). The third-order valence-corrected chi connectivity index (χ3v) is 4.69. The Kier molecular flexibility index (Phi) is 4.25. The number of benzene rings is 1. The van der Waals surface area contributed by atoms with Gasteiger partial charge in [0.05, 0.1) is 11.4 Å². The zero-order chi connectivity index (χ0) is 13.9. The largest absolute Gasteiger partial charge is 0.320 e. The average Bonchev–Trinajstić information content (AvgIpc) is 2.34. The molecule has 1 fully saturated rings. The molecule has 5 heteroatoms. The van der Waals surface area contributed by atoms with E-state index in [1.54, 1.807) is 24.3 Å². The monoisotopic (exact) mass is 278 g/mol. The van der Waals surface area contributed by atoms with Crippen molar-refractivity contribution in [2.75, 3.05) is 6.54 Å². The molecule has 0 aliphatic heterocycles. The molecule has 1 aliphatic rings. The summed E-state index contributed by atoms with van der Waals surface area (Å²) in [6.07, 6.45) is 1.82. The quantitative estimate of drug-likeness (QED) is 0.813. The maximum absolute atomic E-state index is 12.2. The number of hydrogen-bond donors (Lipinski definition) is 2. The summed E-state index contributed by atoms with van der Waals surface area (Å²) < 4.78 is 27.1. The molecule has 0 aromatic heterocycles. The molecule has 3 N–H and O–H groups in total. The SMILES string of the molecule is CC1CC(NS(=O)(=O)c2cccc(C#CCN)c2)C1. The van der Waals surface area contributed by atoms with E-state index >= 15 is 0 Å². The molecule has 0 saturated heterocycles. The molecule has 0 unspecified atom stereocenters. The number of hydrogen-bond acceptors (Lipinski definition) is 3. The van der Waals surface area contributed by atoms with E-state index in [2.05, 4.69) is 23.5 Å². The van der Waals surface area contributed by atoms with Gasteiger partial charge in [-0.3, -0.25) is 0 Å². The van der Waals surface area contributed by atoms with Gasteiger partial charge in [-0.05, 0) is 37.0 Å². The van der Waals surface area contributed by atoms with Gasteiger partial charge in [-0.15, -0.1) is 0 Å². The van der Waals surface area contributed by atoms with E-state index in [0.29, 0.717) is 11.5 Å². The lowest BCUT2D eigenvalue weighted by Gasteiger charge is -2.32. The Hall–Kier alpha value is -1.35. The van der Waals surface area contributed by atoms with Crippen molar-refractivity contribution < 1.29 is 8.42 Å². The highest BCUT2D eigenvalue weighted by molar-refractivity contribution is 7.89. The minimum Gasteiger partial charge on any atom is -0.320 e. The first-order valence-electron chi connectivity index (χ1n) is 6.32. The van der Waals surface area contributed by atoms with Gasteiger partial charge >= 0.3 is 0 Å². The Morgan fingerprint density at radius 1 is 1.42 bits per heavy atom. The minimum absolute atomic E-state index is 0.0683. The summed E-state index contributed by atoms with van der Waals surface area (Å²) in [5.41, 5.74) is 5.96. The highest BCUT2D eigenvalue weighted by atomic mass is 32.2. The minimum atomic E-state index is -3.44. The zero-order valence-corrected chi connectivity index (χ0v) is 11.7. The number of sulfonamides is 1. The lowest BCUT2D eigenvalue weighted by atomic mass is 9.83. The predicted molar refractivity (Wildman–Crippen MR) is 74.9 cm³/mol. The first-order valence-corrected chi connectivity index (χ1v) is 7.81. The highest BCUT2D eigenvalue weighted by Gasteiger charge is 2.29. The van der Waals surface area contributed by atoms with Crippen LogP contribution in [0.2, 0.25) is 0 Å². The smallest absolute Gasteiger partial charge is 0.240 e. The normalized spacial score (nSPS) is 22.2. The Labute approximate surface area is 114 Å². The van der Waals surface area contributed by atoms with Crippen molar-refractivity contribution in [1.82, 2.24) is 4.72 Å². The molecule has 1 aromatic rings. The van der Waals surface area contributed by atoms with Crippen LogP contribution in [0.5, 0.6) is 0 Å². The lowest BCUT2D eigenvalue weighted by molar-refractivity contribution is 0.270. The maximum atomic E-state index is 12.2. The van der Waals surface area contributed by atoms with E-state index in [-0.39, 0.29) is 17.5 Å². The van der Waals surface area contributed by atoms with E-state index < -0.39 is 10.0 Å². The van der Waals surface area contributed by atoms with Gasteiger partial charge in [0.2, 0.25) is 10.0 Å². The van der Waals surface area contributed by atoms with E-state index in [1.807, 2.05) is 0 Å². The third kappa shape index (κ3) is 3.57. The molecule has 0 atom stereocenters. The molecule has 0 bridgehead atoms. The molecule has 1 saturated carbocycles. The lowest BCUT2D eigenvalue weighted by Crippen LogP contribution is -2.43. The van der Waals surface area contributed by atoms with Crippen LogP contribution in [-0.2, 0) is 10.0 Å². The summed E-state index contributed by atoms with van der Waals surface area (Å²) in [4.78, 5) is 0.260. The molecular formula is C14H18N2O2S. The van der Waals surface area contributed by atoms with Gasteiger partial charge in [0.1, 0.15) is 0 Å². The van der Waals surface area contributed by atoms with Gasteiger partial charge in [0.25, 0.3) is 0 Å². The van der Waals surface area contributed by atoms with Gasteiger partial charge in [0.15, 0.2) is 0 Å². The number of nitrogens with one attached hydrogen (secondary N) is 1. The molecule has 0 amide bonds. The van der Waals surface area contributed by atoms with Crippen molar-refractivity contribution in [2.24, 2.45) is 11.7 Å². The van der Waals surface area contributed by atoms with Crippen molar-refractivity contribution in [3.8, 4) is 11.8 Å². The van der Waals surface area contributed by atoms with Crippen molar-refractivity contribution in [3.63, 3.8) is 0 Å². The molecule has 0 radical (unpaired) electrons. The topological polar surface area (TPSA) is 72.2 Å². The van der Waals surface area contributed by atoms with E-state index in [0.717, 1.165) is 12.8 Å². The summed E-state index contributed by atoms with van der Waals surface area (Å²) in [6.45, 7) is 2.38. The molecule has 4 nitrogen and oxygen atoms in total. The van der Waals surface area contributed by atoms with Crippen LogP contribution in [0.25, 0.3) is 0 Å². The van der Waals surface area contributed by atoms with Gasteiger partial charge < -0.3 is 5.73 Å². The van der Waals surface area contributed by atoms with E-state index in [4.69, 9.17) is 5.73 Å². The van der Waals surface area contributed by atoms with Crippen LogP contribution in [0.1, 0.15) is 25.3 Å². The zero-order valence-electron chi connectivity index (χ0n) is 10.9. The van der Waals surface area contributed by atoms with Crippen LogP contribution in [-0.4, -0.2) is 21.0 Å². The molecular weight excluding hydrogens is 260 g/mol. The second-order valence-corrected chi connectivity index (χ2v) is 6.64. The number of rotatable bonds is 3. The Balaban J connectivity index is 2.15. The van der Waals surface area contributed by atoms with Gasteiger partial charge in [-0.2, -0.15) is 0 Å². The van der Waals surface area contributed by atoms with Gasteiger partial charge in [-0.1, -0.05) is 24.8 Å². The average molecular weight is 278 g/mol. The fraction of sp³-hybridized carbons (Fsp3) is 0.429. The van der Waals surface area contributed by atoms with Crippen molar-refractivity contribution in [1.29, 1.82) is 0 Å². The van der Waals surface area contributed by atoms with E-state index in [1.165, 1.54) is 0 Å². The van der Waals surface area contributed by atoms with Gasteiger partial charge in [-0.25, -0.2) is 13.1 Å². The second-order valence-electron chi connectivity index (χ2n) is 4.93. The fourth-order valence-corrected chi connectivity index (χ4v) is 3.49. The molecule has 19 heavy (non-hydrogen) atoms. The fourth-order valence-electron chi connectivity index (χ4n) is 2.18. The van der Waals surface area contributed by atoms with Crippen LogP contribution < -0.4 is 10.5 Å². The highest BCUT2D eigenvalue weighted by Crippen LogP contribution is 2.27. The van der Waals surface area contributed by atoms with Crippen LogP contribution in [0.15, 0.2) is 29.2 Å². The first-order chi connectivity index (χ1) is 9.01. The third-order valence-electron chi connectivity index (χ3n) is 3.17. The van der Waals surface area contributed by atoms with Crippen molar-refractivity contribution >= 4 is 10.0 Å². The molecule has 0 spiro atoms. The first kappa shape index (κ1) is 14.1. The van der Waals surface area contributed by atoms with Crippen molar-refractivity contribution in [2.45, 2.75) is 30.7 Å². The maximum Gasteiger partial charge on any atom is 0.240 e. The number of nitrogens with two attached hydrogens (primary N) is 1. The second kappa shape index (κ2) is 5.74. The van der Waals surface area contributed by atoms with Crippen LogP contribution in [0.3, 0.4) is 0 Å². The summed E-state index contributed by atoms with van der Waals surface area (Å²) in [5, 5.41) is 0. The standard InChI is InChI=1S/C14H18N2O2S/c1-11-8-13(9-11)16-19(17,18)14-6-2-4-12(10-14)5-3-7-15/h2,4,6,10-11,13,16H,7-9,15H2,1H3.